The quantitative estimate of drug-likeness (QED) is 0.289. The number of carbonyl (C=O) groups excluding carboxylic acids is 3. The van der Waals surface area contributed by atoms with Gasteiger partial charge >= 0.3 is 0 Å². The third-order valence-electron chi connectivity index (χ3n) is 8.62. The van der Waals surface area contributed by atoms with Crippen LogP contribution in [0, 0.1) is 5.92 Å². The van der Waals surface area contributed by atoms with E-state index in [1.807, 2.05) is 65.7 Å². The number of benzene rings is 4. The van der Waals surface area contributed by atoms with Crippen molar-refractivity contribution in [1.82, 2.24) is 4.90 Å². The van der Waals surface area contributed by atoms with Crippen LogP contribution in [0.25, 0.3) is 6.08 Å². The van der Waals surface area contributed by atoms with Crippen LogP contribution in [-0.2, 0) is 10.2 Å². The van der Waals surface area contributed by atoms with E-state index in [1.54, 1.807) is 48.5 Å². The van der Waals surface area contributed by atoms with Crippen LogP contribution in [0.4, 0.5) is 5.69 Å². The average Bonchev–Trinajstić information content (AvgIpc) is 3.49. The molecule has 4 unspecified atom stereocenters. The van der Waals surface area contributed by atoms with Crippen LogP contribution >= 0.6 is 11.6 Å². The number of para-hydroxylation sites is 1. The van der Waals surface area contributed by atoms with Gasteiger partial charge in [-0.05, 0) is 53.1 Å². The Kier molecular flexibility index (Phi) is 5.84. The number of anilines is 1. The third-order valence-corrected chi connectivity index (χ3v) is 8.94. The standard InChI is InChI=1S/C34H25ClN2O4/c1-41-22-11-8-10-21(19-22)30(38)28-29(31(39)24-13-4-6-15-26(24)35)37-18-17-20-9-2-3-12-23(20)32(37)34(28)25-14-5-7-16-27(25)36-33(34)40/h2-19,28-29,32H,1H3,(H,36,40). The second kappa shape index (κ2) is 9.46. The van der Waals surface area contributed by atoms with Crippen molar-refractivity contribution < 1.29 is 19.1 Å². The van der Waals surface area contributed by atoms with Crippen molar-refractivity contribution in [1.29, 1.82) is 0 Å². The van der Waals surface area contributed by atoms with Crippen molar-refractivity contribution in [2.45, 2.75) is 17.5 Å². The van der Waals surface area contributed by atoms with Crippen molar-refractivity contribution in [3.05, 3.63) is 136 Å². The average molecular weight is 561 g/mol. The topological polar surface area (TPSA) is 75.7 Å². The fourth-order valence-corrected chi connectivity index (χ4v) is 7.17. The van der Waals surface area contributed by atoms with Crippen LogP contribution in [0.2, 0.25) is 5.02 Å². The lowest BCUT2D eigenvalue weighted by atomic mass is 9.62. The Morgan fingerprint density at radius 2 is 1.66 bits per heavy atom. The summed E-state index contributed by atoms with van der Waals surface area (Å²) in [5, 5.41) is 3.35. The second-order valence-electron chi connectivity index (χ2n) is 10.5. The predicted octanol–water partition coefficient (Wildman–Crippen LogP) is 6.33. The molecular formula is C34H25ClN2O4. The first kappa shape index (κ1) is 25.3. The number of ketones is 2. The van der Waals surface area contributed by atoms with E-state index in [1.165, 1.54) is 7.11 Å². The van der Waals surface area contributed by atoms with Gasteiger partial charge in [-0.25, -0.2) is 0 Å². The lowest BCUT2D eigenvalue weighted by molar-refractivity contribution is -0.122. The monoisotopic (exact) mass is 560 g/mol. The van der Waals surface area contributed by atoms with Crippen LogP contribution in [0.1, 0.15) is 43.4 Å². The van der Waals surface area contributed by atoms with Crippen LogP contribution < -0.4 is 10.1 Å². The van der Waals surface area contributed by atoms with Gasteiger partial charge in [0.25, 0.3) is 0 Å². The summed E-state index contributed by atoms with van der Waals surface area (Å²) in [6, 6.07) is 27.3. The Labute approximate surface area is 242 Å². The maximum absolute atomic E-state index is 14.8. The number of Topliss-reactive ketones (excluding diaryl/α,β-unsaturated/α-hetero) is 2. The molecule has 0 radical (unpaired) electrons. The number of fused-ring (bicyclic) bond motifs is 6. The summed E-state index contributed by atoms with van der Waals surface area (Å²) in [5.41, 5.74) is 2.40. The number of amides is 1. The van der Waals surface area contributed by atoms with E-state index in [4.69, 9.17) is 16.3 Å². The molecule has 4 atom stereocenters. The molecule has 3 aliphatic heterocycles. The number of nitrogens with zero attached hydrogens (tertiary/aromatic N) is 1. The SMILES string of the molecule is COc1cccc(C(=O)C2C(C(=O)c3ccccc3Cl)N3C=Cc4ccccc4C3C23C(=O)Nc2ccccc23)c1. The number of ether oxygens (including phenoxy) is 1. The molecule has 1 amide bonds. The summed E-state index contributed by atoms with van der Waals surface area (Å²) in [6.45, 7) is 0. The lowest BCUT2D eigenvalue weighted by Crippen LogP contribution is -2.49. The van der Waals surface area contributed by atoms with E-state index in [2.05, 4.69) is 5.32 Å². The van der Waals surface area contributed by atoms with Gasteiger partial charge in [0, 0.05) is 23.0 Å². The molecule has 3 aliphatic rings. The van der Waals surface area contributed by atoms with Crippen molar-refractivity contribution >= 4 is 40.8 Å². The molecule has 1 saturated heterocycles. The first-order valence-corrected chi connectivity index (χ1v) is 13.8. The van der Waals surface area contributed by atoms with Crippen LogP contribution in [0.15, 0.2) is 103 Å². The van der Waals surface area contributed by atoms with Crippen LogP contribution in [-0.4, -0.2) is 35.5 Å². The number of carbonyl (C=O) groups is 3. The minimum atomic E-state index is -1.40. The smallest absolute Gasteiger partial charge is 0.238 e. The van der Waals surface area contributed by atoms with E-state index in [0.29, 0.717) is 33.1 Å². The number of methoxy groups -OCH3 is 1. The highest BCUT2D eigenvalue weighted by atomic mass is 35.5. The molecule has 1 fully saturated rings. The zero-order chi connectivity index (χ0) is 28.3. The minimum Gasteiger partial charge on any atom is -0.497 e. The van der Waals surface area contributed by atoms with E-state index in [9.17, 15) is 14.4 Å². The molecule has 0 aromatic heterocycles. The number of hydrogen-bond acceptors (Lipinski definition) is 5. The molecule has 3 heterocycles. The van der Waals surface area contributed by atoms with Crippen molar-refractivity contribution in [2.75, 3.05) is 12.4 Å². The lowest BCUT2D eigenvalue weighted by Gasteiger charge is -2.38. The Morgan fingerprint density at radius 1 is 0.902 bits per heavy atom. The van der Waals surface area contributed by atoms with Crippen molar-refractivity contribution in [2.24, 2.45) is 5.92 Å². The summed E-state index contributed by atoms with van der Waals surface area (Å²) < 4.78 is 5.42. The molecule has 6 nitrogen and oxygen atoms in total. The maximum Gasteiger partial charge on any atom is 0.238 e. The Balaban J connectivity index is 1.55. The number of hydrogen-bond donors (Lipinski definition) is 1. The molecule has 7 heteroatoms. The molecule has 4 aromatic rings. The van der Waals surface area contributed by atoms with Crippen LogP contribution in [0.3, 0.4) is 0 Å². The number of nitrogens with one attached hydrogen (secondary N) is 1. The molecule has 4 aromatic carbocycles. The molecule has 1 spiro atoms. The summed E-state index contributed by atoms with van der Waals surface area (Å²) in [5.74, 6) is -1.52. The molecule has 0 bridgehead atoms. The largest absolute Gasteiger partial charge is 0.497 e. The van der Waals surface area contributed by atoms with Gasteiger partial charge in [0.15, 0.2) is 11.6 Å². The molecule has 41 heavy (non-hydrogen) atoms. The Morgan fingerprint density at radius 3 is 2.49 bits per heavy atom. The predicted molar refractivity (Wildman–Crippen MR) is 157 cm³/mol. The van der Waals surface area contributed by atoms with Gasteiger partial charge in [-0.15, -0.1) is 0 Å². The fraction of sp³-hybridized carbons (Fsp3) is 0.147. The Bertz CT molecular complexity index is 1780. The van der Waals surface area contributed by atoms with Crippen molar-refractivity contribution in [3.63, 3.8) is 0 Å². The Hall–Kier alpha value is -4.68. The second-order valence-corrected chi connectivity index (χ2v) is 10.9. The van der Waals surface area contributed by atoms with Gasteiger partial charge in [-0.2, -0.15) is 0 Å². The van der Waals surface area contributed by atoms with Crippen LogP contribution in [0.5, 0.6) is 5.75 Å². The fourth-order valence-electron chi connectivity index (χ4n) is 6.94. The van der Waals surface area contributed by atoms with E-state index in [0.717, 1.165) is 11.1 Å². The number of rotatable bonds is 5. The zero-order valence-electron chi connectivity index (χ0n) is 22.1. The summed E-state index contributed by atoms with van der Waals surface area (Å²) >= 11 is 6.56. The van der Waals surface area contributed by atoms with Gasteiger partial charge in [0.2, 0.25) is 5.91 Å². The summed E-state index contributed by atoms with van der Waals surface area (Å²) in [4.78, 5) is 45.8. The molecule has 7 rings (SSSR count). The summed E-state index contributed by atoms with van der Waals surface area (Å²) in [7, 11) is 1.53. The highest BCUT2D eigenvalue weighted by molar-refractivity contribution is 6.34. The molecule has 0 aliphatic carbocycles. The first-order valence-electron chi connectivity index (χ1n) is 13.4. The van der Waals surface area contributed by atoms with Gasteiger partial charge in [0.1, 0.15) is 17.2 Å². The summed E-state index contributed by atoms with van der Waals surface area (Å²) in [6.07, 6.45) is 3.78. The van der Waals surface area contributed by atoms with E-state index < -0.39 is 23.4 Å². The highest BCUT2D eigenvalue weighted by Crippen LogP contribution is 2.62. The van der Waals surface area contributed by atoms with Gasteiger partial charge in [-0.3, -0.25) is 14.4 Å². The first-order chi connectivity index (χ1) is 20.0. The van der Waals surface area contributed by atoms with E-state index >= 15 is 0 Å². The molecular weight excluding hydrogens is 536 g/mol. The maximum atomic E-state index is 14.8. The van der Waals surface area contributed by atoms with E-state index in [-0.39, 0.29) is 17.5 Å². The normalized spacial score (nSPS) is 23.5. The molecule has 0 saturated carbocycles. The number of halogens is 1. The van der Waals surface area contributed by atoms with Crippen molar-refractivity contribution in [3.8, 4) is 5.75 Å². The zero-order valence-corrected chi connectivity index (χ0v) is 22.8. The molecule has 1 N–H and O–H groups in total. The van der Waals surface area contributed by atoms with Gasteiger partial charge < -0.3 is 15.0 Å². The highest BCUT2D eigenvalue weighted by Gasteiger charge is 2.70. The van der Waals surface area contributed by atoms with Gasteiger partial charge in [-0.1, -0.05) is 78.3 Å². The third kappa shape index (κ3) is 3.54. The van der Waals surface area contributed by atoms with Gasteiger partial charge in [0.05, 0.1) is 24.1 Å². The minimum absolute atomic E-state index is 0.292. The molecule has 202 valence electrons.